The first-order valence-electron chi connectivity index (χ1n) is 5.01. The van der Waals surface area contributed by atoms with E-state index in [9.17, 15) is 0 Å². The highest BCUT2D eigenvalue weighted by molar-refractivity contribution is 8.67. The third-order valence-corrected chi connectivity index (χ3v) is 2.60. The molecule has 1 aromatic rings. The molecule has 0 spiro atoms. The lowest BCUT2D eigenvalue weighted by Gasteiger charge is -2.10. The van der Waals surface area contributed by atoms with Crippen LogP contribution >= 0.6 is 22.6 Å². The summed E-state index contributed by atoms with van der Waals surface area (Å²) in [5.74, 6) is 0.935. The molecular weight excluding hydrogens is 226 g/mol. The van der Waals surface area contributed by atoms with Crippen molar-refractivity contribution in [2.75, 3.05) is 6.54 Å². The van der Waals surface area contributed by atoms with Crippen molar-refractivity contribution >= 4 is 22.6 Å². The van der Waals surface area contributed by atoms with Crippen molar-refractivity contribution in [1.29, 1.82) is 0 Å². The van der Waals surface area contributed by atoms with Gasteiger partial charge in [-0.15, -0.1) is 0 Å². The highest BCUT2D eigenvalue weighted by Gasteiger charge is 1.97. The van der Waals surface area contributed by atoms with Gasteiger partial charge < -0.3 is 4.74 Å². The molecule has 84 valence electrons. The van der Waals surface area contributed by atoms with Gasteiger partial charge in [0, 0.05) is 6.54 Å². The summed E-state index contributed by atoms with van der Waals surface area (Å²) in [5.41, 5.74) is 1.31. The van der Waals surface area contributed by atoms with E-state index in [2.05, 4.69) is 28.5 Å². The summed E-state index contributed by atoms with van der Waals surface area (Å²) in [6.07, 6.45) is 1.24. The van der Waals surface area contributed by atoms with Gasteiger partial charge in [0.25, 0.3) is 0 Å². The maximum Gasteiger partial charge on any atom is 0.119 e. The highest BCUT2D eigenvalue weighted by atomic mass is 33.1. The van der Waals surface area contributed by atoms with E-state index in [-0.39, 0.29) is 6.10 Å². The summed E-state index contributed by atoms with van der Waals surface area (Å²) < 4.78 is 8.66. The molecule has 0 aliphatic carbocycles. The quantitative estimate of drug-likeness (QED) is 0.347. The van der Waals surface area contributed by atoms with E-state index >= 15 is 0 Å². The summed E-state index contributed by atoms with van der Waals surface area (Å²) in [6, 6.07) is 8.23. The Morgan fingerprint density at radius 1 is 1.33 bits per heavy atom. The van der Waals surface area contributed by atoms with Gasteiger partial charge in [-0.05, 0) is 48.9 Å². The van der Waals surface area contributed by atoms with Crippen LogP contribution in [0.4, 0.5) is 0 Å². The maximum atomic E-state index is 5.56. The predicted molar refractivity (Wildman–Crippen MR) is 70.5 cm³/mol. The van der Waals surface area contributed by atoms with Gasteiger partial charge >= 0.3 is 0 Å². The third kappa shape index (κ3) is 5.35. The minimum absolute atomic E-state index is 0.234. The van der Waals surface area contributed by atoms with Gasteiger partial charge in [-0.1, -0.05) is 23.8 Å². The normalized spacial score (nSPS) is 10.7. The van der Waals surface area contributed by atoms with Crippen molar-refractivity contribution in [1.82, 2.24) is 4.72 Å². The number of nitrogens with one attached hydrogen (secondary N) is 1. The minimum atomic E-state index is 0.234. The van der Waals surface area contributed by atoms with Gasteiger partial charge in [0.2, 0.25) is 0 Å². The van der Waals surface area contributed by atoms with E-state index in [1.54, 1.807) is 0 Å². The zero-order valence-electron chi connectivity index (χ0n) is 9.06. The molecule has 0 amide bonds. The molecule has 0 fully saturated rings. The Balaban J connectivity index is 2.42. The van der Waals surface area contributed by atoms with Crippen LogP contribution in [0, 0.1) is 0 Å². The van der Waals surface area contributed by atoms with Crippen molar-refractivity contribution in [3.05, 3.63) is 29.8 Å². The molecule has 2 nitrogen and oxygen atoms in total. The predicted octanol–water partition coefficient (Wildman–Crippen LogP) is 3.10. The summed E-state index contributed by atoms with van der Waals surface area (Å²) >= 11 is 4.01. The van der Waals surface area contributed by atoms with E-state index in [4.69, 9.17) is 4.74 Å². The third-order valence-electron chi connectivity index (χ3n) is 1.88. The Labute approximate surface area is 101 Å². The molecule has 1 rings (SSSR count). The van der Waals surface area contributed by atoms with Crippen LogP contribution in [0.15, 0.2) is 24.3 Å². The van der Waals surface area contributed by atoms with Crippen molar-refractivity contribution in [3.63, 3.8) is 0 Å². The molecule has 0 radical (unpaired) electrons. The van der Waals surface area contributed by atoms with Crippen molar-refractivity contribution in [3.8, 4) is 5.75 Å². The van der Waals surface area contributed by atoms with Crippen molar-refractivity contribution < 1.29 is 4.74 Å². The van der Waals surface area contributed by atoms with E-state index < -0.39 is 0 Å². The molecule has 0 saturated heterocycles. The second kappa shape index (κ2) is 7.04. The maximum absolute atomic E-state index is 5.56. The van der Waals surface area contributed by atoms with Gasteiger partial charge in [0.15, 0.2) is 0 Å². The van der Waals surface area contributed by atoms with E-state index in [0.717, 1.165) is 18.7 Å². The van der Waals surface area contributed by atoms with Crippen LogP contribution in [0.1, 0.15) is 19.4 Å². The summed E-state index contributed by atoms with van der Waals surface area (Å²) in [5, 5.41) is 0. The first-order chi connectivity index (χ1) is 7.22. The van der Waals surface area contributed by atoms with E-state index in [1.807, 2.05) is 26.0 Å². The molecule has 15 heavy (non-hydrogen) atoms. The lowest BCUT2D eigenvalue weighted by molar-refractivity contribution is 0.242. The first-order valence-corrected chi connectivity index (χ1v) is 6.88. The molecule has 0 aliphatic rings. The molecule has 4 heteroatoms. The number of benzene rings is 1. The van der Waals surface area contributed by atoms with Crippen LogP contribution in [-0.2, 0) is 6.42 Å². The first kappa shape index (κ1) is 12.7. The summed E-state index contributed by atoms with van der Waals surface area (Å²) in [7, 11) is 1.35. The Kier molecular flexibility index (Phi) is 5.98. The molecule has 0 unspecified atom stereocenters. The average Bonchev–Trinajstić information content (AvgIpc) is 2.20. The van der Waals surface area contributed by atoms with Crippen molar-refractivity contribution in [2.24, 2.45) is 0 Å². The molecular formula is C11H17NOS2. The van der Waals surface area contributed by atoms with Gasteiger partial charge in [0.05, 0.1) is 6.10 Å². The standard InChI is InChI=1S/C11H17NOS2/c1-9(2)13-11-5-3-10(4-6-11)7-8-12-15-14/h3-6,9,12,14H,7-8H2,1-2H3. The monoisotopic (exact) mass is 243 g/mol. The molecule has 0 atom stereocenters. The number of ether oxygens (including phenoxy) is 1. The lowest BCUT2D eigenvalue weighted by Crippen LogP contribution is -2.07. The fourth-order valence-corrected chi connectivity index (χ4v) is 1.72. The molecule has 0 bridgehead atoms. The Morgan fingerprint density at radius 3 is 2.53 bits per heavy atom. The number of hydrogen-bond donors (Lipinski definition) is 2. The molecule has 0 saturated carbocycles. The molecule has 1 aromatic carbocycles. The second-order valence-corrected chi connectivity index (χ2v) is 4.57. The molecule has 0 aromatic heterocycles. The average molecular weight is 243 g/mol. The topological polar surface area (TPSA) is 21.3 Å². The van der Waals surface area contributed by atoms with Crippen LogP contribution in [0.25, 0.3) is 0 Å². The fourth-order valence-electron chi connectivity index (χ4n) is 1.25. The zero-order valence-corrected chi connectivity index (χ0v) is 10.8. The molecule has 0 aliphatic heterocycles. The second-order valence-electron chi connectivity index (χ2n) is 3.55. The number of rotatable bonds is 6. The zero-order chi connectivity index (χ0) is 11.1. The van der Waals surface area contributed by atoms with E-state index in [1.165, 1.54) is 16.5 Å². The van der Waals surface area contributed by atoms with Crippen LogP contribution < -0.4 is 9.46 Å². The highest BCUT2D eigenvalue weighted by Crippen LogP contribution is 2.14. The minimum Gasteiger partial charge on any atom is -0.491 e. The van der Waals surface area contributed by atoms with Gasteiger partial charge in [-0.3, -0.25) is 4.72 Å². The van der Waals surface area contributed by atoms with Crippen LogP contribution in [0.3, 0.4) is 0 Å². The largest absolute Gasteiger partial charge is 0.491 e. The fraction of sp³-hybridized carbons (Fsp3) is 0.455. The Bertz CT molecular complexity index is 274. The SMILES string of the molecule is CC(C)Oc1ccc(CCNSS)cc1. The lowest BCUT2D eigenvalue weighted by atomic mass is 10.1. The smallest absolute Gasteiger partial charge is 0.119 e. The van der Waals surface area contributed by atoms with Gasteiger partial charge in [-0.25, -0.2) is 0 Å². The van der Waals surface area contributed by atoms with Crippen LogP contribution in [-0.4, -0.2) is 12.6 Å². The number of hydrogen-bond acceptors (Lipinski definition) is 4. The summed E-state index contributed by atoms with van der Waals surface area (Å²) in [6.45, 7) is 4.99. The van der Waals surface area contributed by atoms with Crippen LogP contribution in [0.2, 0.25) is 0 Å². The molecule has 1 N–H and O–H groups in total. The van der Waals surface area contributed by atoms with Gasteiger partial charge in [-0.2, -0.15) is 0 Å². The molecule has 0 heterocycles. The number of thiol groups is 1. The van der Waals surface area contributed by atoms with Crippen LogP contribution in [0.5, 0.6) is 5.75 Å². The van der Waals surface area contributed by atoms with E-state index in [0.29, 0.717) is 0 Å². The Morgan fingerprint density at radius 2 is 2.00 bits per heavy atom. The Hall–Kier alpha value is -0.320. The van der Waals surface area contributed by atoms with Crippen molar-refractivity contribution in [2.45, 2.75) is 26.4 Å². The van der Waals surface area contributed by atoms with Gasteiger partial charge in [0.1, 0.15) is 5.75 Å². The summed E-state index contributed by atoms with van der Waals surface area (Å²) in [4.78, 5) is 0.